The van der Waals surface area contributed by atoms with Crippen molar-refractivity contribution in [1.82, 2.24) is 14.8 Å². The number of rotatable bonds is 4. The number of piperazine rings is 1. The monoisotopic (exact) mass is 381 g/mol. The van der Waals surface area contributed by atoms with E-state index in [2.05, 4.69) is 4.98 Å². The molecule has 1 saturated heterocycles. The van der Waals surface area contributed by atoms with E-state index in [1.54, 1.807) is 9.80 Å². The molecule has 0 aliphatic carbocycles. The van der Waals surface area contributed by atoms with Crippen molar-refractivity contribution in [3.05, 3.63) is 59.7 Å². The van der Waals surface area contributed by atoms with Gasteiger partial charge in [0.15, 0.2) is 5.76 Å². The molecule has 1 aliphatic rings. The SMILES string of the molecule is O=C(O)c1ccc(C(=O)N2CCN(C(=O)Cc3c[nH]c4ccccc34)CC2)o1. The molecule has 2 aromatic heterocycles. The van der Waals surface area contributed by atoms with Crippen molar-refractivity contribution < 1.29 is 23.9 Å². The molecule has 28 heavy (non-hydrogen) atoms. The van der Waals surface area contributed by atoms with Gasteiger partial charge in [-0.3, -0.25) is 9.59 Å². The van der Waals surface area contributed by atoms with Gasteiger partial charge in [0.2, 0.25) is 11.7 Å². The summed E-state index contributed by atoms with van der Waals surface area (Å²) < 4.78 is 5.07. The maximum atomic E-state index is 12.7. The van der Waals surface area contributed by atoms with E-state index in [0.717, 1.165) is 16.5 Å². The Hall–Kier alpha value is -3.55. The molecule has 1 aromatic carbocycles. The van der Waals surface area contributed by atoms with Crippen molar-refractivity contribution in [3.63, 3.8) is 0 Å². The van der Waals surface area contributed by atoms with E-state index in [1.807, 2.05) is 30.5 Å². The summed E-state index contributed by atoms with van der Waals surface area (Å²) >= 11 is 0. The standard InChI is InChI=1S/C20H19N3O5/c24-18(11-13-12-21-15-4-2-1-3-14(13)15)22-7-9-23(10-8-22)19(25)16-5-6-17(28-16)20(26)27/h1-6,12,21H,7-11H2,(H,26,27). The number of aromatic carboxylic acids is 1. The largest absolute Gasteiger partial charge is 0.475 e. The number of aromatic nitrogens is 1. The Morgan fingerprint density at radius 1 is 0.964 bits per heavy atom. The summed E-state index contributed by atoms with van der Waals surface area (Å²) in [5.74, 6) is -1.84. The summed E-state index contributed by atoms with van der Waals surface area (Å²) in [5.41, 5.74) is 1.95. The maximum absolute atomic E-state index is 12.7. The zero-order chi connectivity index (χ0) is 19.7. The van der Waals surface area contributed by atoms with Crippen molar-refractivity contribution in [1.29, 1.82) is 0 Å². The van der Waals surface area contributed by atoms with Gasteiger partial charge in [-0.2, -0.15) is 0 Å². The Morgan fingerprint density at radius 2 is 1.64 bits per heavy atom. The van der Waals surface area contributed by atoms with Gasteiger partial charge >= 0.3 is 5.97 Å². The van der Waals surface area contributed by atoms with Crippen LogP contribution in [0.2, 0.25) is 0 Å². The molecule has 0 unspecified atom stereocenters. The second-order valence-corrected chi connectivity index (χ2v) is 6.68. The molecule has 0 atom stereocenters. The maximum Gasteiger partial charge on any atom is 0.371 e. The van der Waals surface area contributed by atoms with Crippen LogP contribution in [0.1, 0.15) is 26.7 Å². The third-order valence-corrected chi connectivity index (χ3v) is 4.96. The number of furan rings is 1. The first-order chi connectivity index (χ1) is 13.5. The molecule has 4 rings (SSSR count). The van der Waals surface area contributed by atoms with Crippen LogP contribution in [-0.2, 0) is 11.2 Å². The number of carboxylic acids is 1. The topological polar surface area (TPSA) is 107 Å². The number of carboxylic acid groups (broad SMARTS) is 1. The van der Waals surface area contributed by atoms with E-state index in [1.165, 1.54) is 12.1 Å². The molecule has 3 heterocycles. The van der Waals surface area contributed by atoms with Crippen LogP contribution >= 0.6 is 0 Å². The summed E-state index contributed by atoms with van der Waals surface area (Å²) in [5, 5.41) is 9.93. The lowest BCUT2D eigenvalue weighted by Gasteiger charge is -2.34. The van der Waals surface area contributed by atoms with Crippen LogP contribution in [0.25, 0.3) is 10.9 Å². The van der Waals surface area contributed by atoms with Gasteiger partial charge in [0.1, 0.15) is 0 Å². The molecular formula is C20H19N3O5. The van der Waals surface area contributed by atoms with Crippen molar-refractivity contribution in [2.45, 2.75) is 6.42 Å². The molecular weight excluding hydrogens is 362 g/mol. The molecule has 0 spiro atoms. The smallest absolute Gasteiger partial charge is 0.371 e. The number of para-hydroxylation sites is 1. The Bertz CT molecular complexity index is 1040. The number of aromatic amines is 1. The number of carbonyl (C=O) groups excluding carboxylic acids is 2. The van der Waals surface area contributed by atoms with Crippen LogP contribution in [-0.4, -0.2) is 63.9 Å². The van der Waals surface area contributed by atoms with Crippen LogP contribution in [0.15, 0.2) is 47.0 Å². The van der Waals surface area contributed by atoms with Gasteiger partial charge in [-0.1, -0.05) is 18.2 Å². The van der Waals surface area contributed by atoms with Crippen molar-refractivity contribution >= 4 is 28.7 Å². The van der Waals surface area contributed by atoms with E-state index in [0.29, 0.717) is 32.6 Å². The van der Waals surface area contributed by atoms with Crippen LogP contribution in [0, 0.1) is 0 Å². The van der Waals surface area contributed by atoms with Crippen LogP contribution in [0.3, 0.4) is 0 Å². The number of H-pyrrole nitrogens is 1. The number of benzene rings is 1. The summed E-state index contributed by atoms with van der Waals surface area (Å²) in [6.07, 6.45) is 2.16. The van der Waals surface area contributed by atoms with Crippen LogP contribution < -0.4 is 0 Å². The Kier molecular flexibility index (Phi) is 4.60. The van der Waals surface area contributed by atoms with Gasteiger partial charge in [-0.15, -0.1) is 0 Å². The Labute approximate surface area is 160 Å². The molecule has 0 radical (unpaired) electrons. The fourth-order valence-corrected chi connectivity index (χ4v) is 3.44. The summed E-state index contributed by atoms with van der Waals surface area (Å²) in [6.45, 7) is 1.61. The molecule has 2 N–H and O–H groups in total. The lowest BCUT2D eigenvalue weighted by atomic mass is 10.1. The molecule has 3 aromatic rings. The number of hydrogen-bond donors (Lipinski definition) is 2. The van der Waals surface area contributed by atoms with E-state index < -0.39 is 5.97 Å². The number of nitrogens with zero attached hydrogens (tertiary/aromatic N) is 2. The van der Waals surface area contributed by atoms with E-state index >= 15 is 0 Å². The highest BCUT2D eigenvalue weighted by Crippen LogP contribution is 2.19. The third kappa shape index (κ3) is 3.36. The first-order valence-electron chi connectivity index (χ1n) is 8.98. The molecule has 2 amide bonds. The predicted octanol–water partition coefficient (Wildman–Crippen LogP) is 1.99. The number of nitrogens with one attached hydrogen (secondary N) is 1. The normalized spacial score (nSPS) is 14.4. The first-order valence-corrected chi connectivity index (χ1v) is 8.98. The number of fused-ring (bicyclic) bond motifs is 1. The number of hydrogen-bond acceptors (Lipinski definition) is 4. The fourth-order valence-electron chi connectivity index (χ4n) is 3.44. The van der Waals surface area contributed by atoms with Gasteiger partial charge < -0.3 is 24.3 Å². The highest BCUT2D eigenvalue weighted by molar-refractivity contribution is 5.94. The van der Waals surface area contributed by atoms with Crippen molar-refractivity contribution in [2.24, 2.45) is 0 Å². The molecule has 1 fully saturated rings. The highest BCUT2D eigenvalue weighted by Gasteiger charge is 2.27. The van der Waals surface area contributed by atoms with Gasteiger partial charge in [-0.05, 0) is 23.8 Å². The molecule has 8 heteroatoms. The van der Waals surface area contributed by atoms with E-state index in [4.69, 9.17) is 9.52 Å². The second kappa shape index (κ2) is 7.22. The van der Waals surface area contributed by atoms with Crippen molar-refractivity contribution in [2.75, 3.05) is 26.2 Å². The average Bonchev–Trinajstić information content (AvgIpc) is 3.36. The minimum Gasteiger partial charge on any atom is -0.475 e. The van der Waals surface area contributed by atoms with Crippen LogP contribution in [0.4, 0.5) is 0 Å². The zero-order valence-corrected chi connectivity index (χ0v) is 15.1. The number of carbonyl (C=O) groups is 3. The fraction of sp³-hybridized carbons (Fsp3) is 0.250. The summed E-state index contributed by atoms with van der Waals surface area (Å²) in [4.78, 5) is 42.5. The minimum absolute atomic E-state index is 0.00373. The lowest BCUT2D eigenvalue weighted by molar-refractivity contribution is -0.131. The van der Waals surface area contributed by atoms with E-state index in [-0.39, 0.29) is 23.3 Å². The predicted molar refractivity (Wildman–Crippen MR) is 100 cm³/mol. The molecule has 0 bridgehead atoms. The van der Waals surface area contributed by atoms with Gasteiger partial charge in [0.05, 0.1) is 6.42 Å². The highest BCUT2D eigenvalue weighted by atomic mass is 16.4. The number of amides is 2. The molecule has 1 aliphatic heterocycles. The average molecular weight is 381 g/mol. The first kappa shape index (κ1) is 17.8. The zero-order valence-electron chi connectivity index (χ0n) is 15.1. The molecule has 144 valence electrons. The Morgan fingerprint density at radius 3 is 2.36 bits per heavy atom. The Balaban J connectivity index is 1.36. The second-order valence-electron chi connectivity index (χ2n) is 6.68. The van der Waals surface area contributed by atoms with Gasteiger partial charge in [-0.25, -0.2) is 4.79 Å². The minimum atomic E-state index is -1.22. The van der Waals surface area contributed by atoms with Gasteiger partial charge in [0.25, 0.3) is 5.91 Å². The molecule has 0 saturated carbocycles. The quantitative estimate of drug-likeness (QED) is 0.719. The summed E-state index contributed by atoms with van der Waals surface area (Å²) in [7, 11) is 0. The molecule has 8 nitrogen and oxygen atoms in total. The lowest BCUT2D eigenvalue weighted by Crippen LogP contribution is -2.50. The van der Waals surface area contributed by atoms with Crippen LogP contribution in [0.5, 0.6) is 0 Å². The van der Waals surface area contributed by atoms with Gasteiger partial charge in [0, 0.05) is 43.3 Å². The van der Waals surface area contributed by atoms with E-state index in [9.17, 15) is 14.4 Å². The third-order valence-electron chi connectivity index (χ3n) is 4.96. The summed E-state index contributed by atoms with van der Waals surface area (Å²) in [6, 6.07) is 10.5. The van der Waals surface area contributed by atoms with Crippen molar-refractivity contribution in [3.8, 4) is 0 Å².